The maximum atomic E-state index is 13.2. The van der Waals surface area contributed by atoms with Crippen LogP contribution in [0.2, 0.25) is 0 Å². The number of likely N-dealkylation sites (N-methyl/N-ethyl adjacent to an activating group) is 1. The predicted molar refractivity (Wildman–Crippen MR) is 129 cm³/mol. The molecule has 1 aliphatic rings. The summed E-state index contributed by atoms with van der Waals surface area (Å²) < 4.78 is 16.5. The molecule has 1 amide bonds. The van der Waals surface area contributed by atoms with Crippen molar-refractivity contribution in [3.05, 3.63) is 59.2 Å². The first-order chi connectivity index (χ1) is 16.3. The Morgan fingerprint density at radius 1 is 1.00 bits per heavy atom. The van der Waals surface area contributed by atoms with Crippen LogP contribution in [0.5, 0.6) is 17.2 Å². The van der Waals surface area contributed by atoms with Crippen LogP contribution in [0.4, 0.5) is 0 Å². The van der Waals surface area contributed by atoms with E-state index in [0.29, 0.717) is 54.7 Å². The normalized spacial score (nSPS) is 17.4. The van der Waals surface area contributed by atoms with Gasteiger partial charge in [-0.05, 0) is 57.8 Å². The molecule has 34 heavy (non-hydrogen) atoms. The number of amides is 1. The number of methoxy groups -OCH3 is 1. The van der Waals surface area contributed by atoms with E-state index in [1.54, 1.807) is 49.6 Å². The fourth-order valence-electron chi connectivity index (χ4n) is 3.93. The van der Waals surface area contributed by atoms with E-state index >= 15 is 0 Å². The van der Waals surface area contributed by atoms with E-state index in [2.05, 4.69) is 0 Å². The van der Waals surface area contributed by atoms with E-state index in [4.69, 9.17) is 14.2 Å². The minimum atomic E-state index is -0.744. The van der Waals surface area contributed by atoms with E-state index < -0.39 is 17.7 Å². The lowest BCUT2D eigenvalue weighted by molar-refractivity contribution is -0.140. The molecule has 182 valence electrons. The zero-order valence-corrected chi connectivity index (χ0v) is 20.3. The summed E-state index contributed by atoms with van der Waals surface area (Å²) in [5.74, 6) is -0.0433. The van der Waals surface area contributed by atoms with Crippen LogP contribution >= 0.6 is 0 Å². The minimum absolute atomic E-state index is 0.0269. The Hall–Kier alpha value is -3.52. The van der Waals surface area contributed by atoms with E-state index in [-0.39, 0.29) is 11.3 Å². The van der Waals surface area contributed by atoms with Crippen LogP contribution < -0.4 is 14.2 Å². The molecule has 0 aliphatic carbocycles. The van der Waals surface area contributed by atoms with Crippen molar-refractivity contribution in [1.29, 1.82) is 0 Å². The van der Waals surface area contributed by atoms with Crippen molar-refractivity contribution < 1.29 is 28.9 Å². The highest BCUT2D eigenvalue weighted by Crippen LogP contribution is 2.41. The fourth-order valence-corrected chi connectivity index (χ4v) is 3.93. The van der Waals surface area contributed by atoms with Crippen LogP contribution in [0.1, 0.15) is 31.0 Å². The summed E-state index contributed by atoms with van der Waals surface area (Å²) in [5, 5.41) is 11.4. The number of ether oxygens (including phenoxy) is 3. The van der Waals surface area contributed by atoms with Gasteiger partial charge in [-0.2, -0.15) is 0 Å². The van der Waals surface area contributed by atoms with Gasteiger partial charge in [0.15, 0.2) is 0 Å². The second-order valence-electron chi connectivity index (χ2n) is 8.09. The summed E-state index contributed by atoms with van der Waals surface area (Å²) in [4.78, 5) is 29.7. The molecule has 1 aliphatic heterocycles. The molecule has 1 atom stereocenters. The van der Waals surface area contributed by atoms with Crippen LogP contribution in [0.15, 0.2) is 48.0 Å². The molecule has 1 heterocycles. The second kappa shape index (κ2) is 11.1. The van der Waals surface area contributed by atoms with Gasteiger partial charge >= 0.3 is 0 Å². The average Bonchev–Trinajstić information content (AvgIpc) is 3.08. The third-order valence-electron chi connectivity index (χ3n) is 5.58. The Bertz CT molecular complexity index is 1060. The molecule has 8 nitrogen and oxygen atoms in total. The second-order valence-corrected chi connectivity index (χ2v) is 8.09. The highest BCUT2D eigenvalue weighted by molar-refractivity contribution is 6.46. The molecule has 1 saturated heterocycles. The fraction of sp³-hybridized carbons (Fsp3) is 0.385. The highest BCUT2D eigenvalue weighted by atomic mass is 16.5. The van der Waals surface area contributed by atoms with E-state index in [9.17, 15) is 14.7 Å². The topological polar surface area (TPSA) is 88.5 Å². The number of nitrogens with zero attached hydrogens (tertiary/aromatic N) is 2. The summed E-state index contributed by atoms with van der Waals surface area (Å²) in [7, 11) is 5.36. The standard InChI is InChI=1S/C26H32N2O6/c1-6-33-19-12-13-20(21(16-19)34-7-2)24(29)22-23(17-8-10-18(32-5)11-9-17)28(15-14-27(3)4)26(31)25(22)30/h8-13,16,23,29H,6-7,14-15H2,1-5H3/b24-22-. The van der Waals surface area contributed by atoms with E-state index in [1.807, 2.05) is 32.8 Å². The van der Waals surface area contributed by atoms with Crippen molar-refractivity contribution in [1.82, 2.24) is 9.80 Å². The summed E-state index contributed by atoms with van der Waals surface area (Å²) >= 11 is 0. The summed E-state index contributed by atoms with van der Waals surface area (Å²) in [6, 6.07) is 11.4. The average molecular weight is 469 g/mol. The number of hydrogen-bond acceptors (Lipinski definition) is 7. The first-order valence-electron chi connectivity index (χ1n) is 11.3. The Kier molecular flexibility index (Phi) is 8.17. The van der Waals surface area contributed by atoms with Crippen molar-refractivity contribution in [2.75, 3.05) is 47.5 Å². The highest BCUT2D eigenvalue weighted by Gasteiger charge is 2.46. The van der Waals surface area contributed by atoms with Gasteiger partial charge in [0.2, 0.25) is 0 Å². The van der Waals surface area contributed by atoms with Crippen LogP contribution in [-0.2, 0) is 9.59 Å². The van der Waals surface area contributed by atoms with Gasteiger partial charge in [-0.1, -0.05) is 12.1 Å². The Labute approximate surface area is 200 Å². The zero-order chi connectivity index (χ0) is 24.8. The molecule has 2 aromatic rings. The zero-order valence-electron chi connectivity index (χ0n) is 20.3. The lowest BCUT2D eigenvalue weighted by Gasteiger charge is -2.26. The Morgan fingerprint density at radius 3 is 2.24 bits per heavy atom. The SMILES string of the molecule is CCOc1ccc(/C(O)=C2/C(=O)C(=O)N(CCN(C)C)C2c2ccc(OC)cc2)c(OCC)c1. The molecule has 0 bridgehead atoms. The number of rotatable bonds is 10. The molecular formula is C26H32N2O6. The van der Waals surface area contributed by atoms with Crippen LogP contribution in [0, 0.1) is 0 Å². The minimum Gasteiger partial charge on any atom is -0.507 e. The lowest BCUT2D eigenvalue weighted by Crippen LogP contribution is -2.35. The van der Waals surface area contributed by atoms with Gasteiger partial charge in [0.25, 0.3) is 11.7 Å². The molecule has 0 aromatic heterocycles. The number of carbonyl (C=O) groups is 2. The summed E-state index contributed by atoms with van der Waals surface area (Å²) in [6.07, 6.45) is 0. The van der Waals surface area contributed by atoms with Crippen molar-refractivity contribution in [3.8, 4) is 17.2 Å². The van der Waals surface area contributed by atoms with E-state index in [0.717, 1.165) is 0 Å². The molecule has 2 aromatic carbocycles. The molecule has 0 saturated carbocycles. The smallest absolute Gasteiger partial charge is 0.295 e. The van der Waals surface area contributed by atoms with Crippen molar-refractivity contribution in [2.45, 2.75) is 19.9 Å². The predicted octanol–water partition coefficient (Wildman–Crippen LogP) is 3.48. The maximum absolute atomic E-state index is 13.2. The monoisotopic (exact) mass is 468 g/mol. The molecular weight excluding hydrogens is 436 g/mol. The molecule has 0 radical (unpaired) electrons. The number of hydrogen-bond donors (Lipinski definition) is 1. The number of likely N-dealkylation sites (tertiary alicyclic amines) is 1. The lowest BCUT2D eigenvalue weighted by atomic mass is 9.95. The summed E-state index contributed by atoms with van der Waals surface area (Å²) in [6.45, 7) is 5.42. The first kappa shape index (κ1) is 25.1. The van der Waals surface area contributed by atoms with Crippen LogP contribution in [0.25, 0.3) is 5.76 Å². The molecule has 3 rings (SSSR count). The van der Waals surface area contributed by atoms with Crippen LogP contribution in [-0.4, -0.2) is 74.1 Å². The first-order valence-corrected chi connectivity index (χ1v) is 11.3. The van der Waals surface area contributed by atoms with Gasteiger partial charge in [0, 0.05) is 19.2 Å². The molecule has 1 fully saturated rings. The number of benzene rings is 2. The van der Waals surface area contributed by atoms with Gasteiger partial charge < -0.3 is 29.1 Å². The number of aliphatic hydroxyl groups is 1. The van der Waals surface area contributed by atoms with Gasteiger partial charge in [-0.15, -0.1) is 0 Å². The molecule has 0 spiro atoms. The number of carbonyl (C=O) groups excluding carboxylic acids is 2. The largest absolute Gasteiger partial charge is 0.507 e. The number of aliphatic hydroxyl groups excluding tert-OH is 1. The van der Waals surface area contributed by atoms with Gasteiger partial charge in [0.05, 0.1) is 37.5 Å². The molecule has 1 N–H and O–H groups in total. The third-order valence-corrected chi connectivity index (χ3v) is 5.58. The molecule has 1 unspecified atom stereocenters. The van der Waals surface area contributed by atoms with Crippen molar-refractivity contribution in [3.63, 3.8) is 0 Å². The van der Waals surface area contributed by atoms with Crippen molar-refractivity contribution in [2.24, 2.45) is 0 Å². The van der Waals surface area contributed by atoms with Gasteiger partial charge in [-0.3, -0.25) is 9.59 Å². The Balaban J connectivity index is 2.17. The number of Topliss-reactive ketones (excluding diaryl/α,β-unsaturated/α-hetero) is 1. The summed E-state index contributed by atoms with van der Waals surface area (Å²) in [5.41, 5.74) is 1.05. The van der Waals surface area contributed by atoms with Crippen molar-refractivity contribution >= 4 is 17.4 Å². The quantitative estimate of drug-likeness (QED) is 0.324. The van der Waals surface area contributed by atoms with E-state index in [1.165, 1.54) is 4.90 Å². The maximum Gasteiger partial charge on any atom is 0.295 e. The number of ketones is 1. The Morgan fingerprint density at radius 2 is 1.65 bits per heavy atom. The van der Waals surface area contributed by atoms with Gasteiger partial charge in [-0.25, -0.2) is 0 Å². The molecule has 8 heteroatoms. The third kappa shape index (κ3) is 5.17. The van der Waals surface area contributed by atoms with Gasteiger partial charge in [0.1, 0.15) is 23.0 Å². The van der Waals surface area contributed by atoms with Crippen LogP contribution in [0.3, 0.4) is 0 Å².